The van der Waals surface area contributed by atoms with Crippen LogP contribution in [0.15, 0.2) is 58.3 Å². The van der Waals surface area contributed by atoms with Crippen LogP contribution in [0.25, 0.3) is 0 Å². The summed E-state index contributed by atoms with van der Waals surface area (Å²) in [7, 11) is -7.79. The third kappa shape index (κ3) is 4.40. The van der Waals surface area contributed by atoms with Crippen LogP contribution in [0.1, 0.15) is 40.4 Å². The Kier molecular flexibility index (Phi) is 6.18. The lowest BCUT2D eigenvalue weighted by molar-refractivity contribution is 0.0945. The van der Waals surface area contributed by atoms with E-state index in [-0.39, 0.29) is 20.9 Å². The quantitative estimate of drug-likeness (QED) is 0.706. The molecule has 1 unspecified atom stereocenters. The van der Waals surface area contributed by atoms with Crippen LogP contribution in [-0.2, 0) is 19.7 Å². The minimum absolute atomic E-state index is 0.0448. The van der Waals surface area contributed by atoms with E-state index in [9.17, 15) is 21.6 Å². The molecule has 0 bridgehead atoms. The van der Waals surface area contributed by atoms with Crippen LogP contribution < -0.4 is 5.32 Å². The van der Waals surface area contributed by atoms with Gasteiger partial charge in [-0.25, -0.2) is 16.8 Å². The van der Waals surface area contributed by atoms with E-state index in [0.29, 0.717) is 13.1 Å². The molecule has 166 valence electrons. The fraction of sp³-hybridized carbons (Fsp3) is 0.409. The number of hydrogen-bond donors (Lipinski definition) is 1. The Morgan fingerprint density at radius 2 is 1.71 bits per heavy atom. The number of piperidine rings is 1. The summed E-state index contributed by atoms with van der Waals surface area (Å²) in [6.45, 7) is 3.15. The number of benzene rings is 2. The molecule has 0 aromatic heterocycles. The molecular weight excluding hydrogens is 436 g/mol. The number of carbonyl (C=O) groups is 1. The van der Waals surface area contributed by atoms with Gasteiger partial charge in [0.1, 0.15) is 5.25 Å². The summed E-state index contributed by atoms with van der Waals surface area (Å²) < 4.78 is 52.0. The van der Waals surface area contributed by atoms with Gasteiger partial charge in [0.2, 0.25) is 0 Å². The highest BCUT2D eigenvalue weighted by molar-refractivity contribution is 7.96. The molecule has 0 aliphatic carbocycles. The van der Waals surface area contributed by atoms with Crippen LogP contribution >= 0.6 is 0 Å². The Morgan fingerprint density at radius 3 is 2.42 bits per heavy atom. The maximum Gasteiger partial charge on any atom is 0.251 e. The second kappa shape index (κ2) is 8.72. The molecule has 0 saturated carbocycles. The van der Waals surface area contributed by atoms with E-state index in [4.69, 9.17) is 0 Å². The summed E-state index contributed by atoms with van der Waals surface area (Å²) in [6.07, 6.45) is 3.53. The first kappa shape index (κ1) is 22.0. The third-order valence-electron chi connectivity index (χ3n) is 5.95. The van der Waals surface area contributed by atoms with Gasteiger partial charge in [-0.2, -0.15) is 0 Å². The van der Waals surface area contributed by atoms with Crippen molar-refractivity contribution in [2.75, 3.05) is 31.9 Å². The lowest BCUT2D eigenvalue weighted by atomic mass is 10.0. The van der Waals surface area contributed by atoms with Crippen LogP contribution in [0.5, 0.6) is 0 Å². The summed E-state index contributed by atoms with van der Waals surface area (Å²) in [6, 6.07) is 12.2. The molecule has 1 N–H and O–H groups in total. The fourth-order valence-corrected chi connectivity index (χ4v) is 8.72. The van der Waals surface area contributed by atoms with Crippen LogP contribution in [0.2, 0.25) is 0 Å². The van der Waals surface area contributed by atoms with Crippen molar-refractivity contribution in [3.8, 4) is 0 Å². The molecule has 1 amide bonds. The summed E-state index contributed by atoms with van der Waals surface area (Å²) >= 11 is 0. The first-order valence-corrected chi connectivity index (χ1v) is 13.7. The normalized spacial score (nSPS) is 20.8. The maximum absolute atomic E-state index is 13.3. The van der Waals surface area contributed by atoms with Crippen LogP contribution in [0.3, 0.4) is 0 Å². The van der Waals surface area contributed by atoms with Gasteiger partial charge in [-0.15, -0.1) is 0 Å². The Hall–Kier alpha value is -2.23. The lowest BCUT2D eigenvalue weighted by Crippen LogP contribution is -2.38. The number of likely N-dealkylation sites (tertiary alicyclic amines) is 1. The molecule has 1 saturated heterocycles. The fourth-order valence-electron chi connectivity index (χ4n) is 4.34. The van der Waals surface area contributed by atoms with Crippen LogP contribution in [-0.4, -0.2) is 59.6 Å². The molecule has 2 aromatic rings. The van der Waals surface area contributed by atoms with E-state index in [0.717, 1.165) is 25.9 Å². The topological polar surface area (TPSA) is 101 Å². The van der Waals surface area contributed by atoms with Gasteiger partial charge in [-0.05, 0) is 50.2 Å². The number of nitrogens with zero attached hydrogens (tertiary/aromatic N) is 1. The van der Waals surface area contributed by atoms with Crippen molar-refractivity contribution in [1.82, 2.24) is 10.2 Å². The SMILES string of the molecule is O=C(NCCN1CCCCC1)c1cccc2c1C(S(=O)(=O)c1ccccc1)CS2(=O)=O. The third-order valence-corrected chi connectivity index (χ3v) is 10.0. The predicted octanol–water partition coefficient (Wildman–Crippen LogP) is 2.20. The molecule has 2 aromatic carbocycles. The average molecular weight is 463 g/mol. The second-order valence-corrected chi connectivity index (χ2v) is 12.1. The highest BCUT2D eigenvalue weighted by Gasteiger charge is 2.45. The standard InChI is InChI=1S/C22H26N2O5S2/c25-22(23-12-15-24-13-5-2-6-14-24)18-10-7-11-19-21(18)20(16-30(19,26)27)31(28,29)17-8-3-1-4-9-17/h1,3-4,7-11,20H,2,5-6,12-16H2,(H,23,25). The number of carbonyl (C=O) groups excluding carboxylic acids is 1. The summed E-state index contributed by atoms with van der Waals surface area (Å²) in [5.41, 5.74) is 0.198. The highest BCUT2D eigenvalue weighted by Crippen LogP contribution is 2.42. The Balaban J connectivity index is 1.63. The monoisotopic (exact) mass is 462 g/mol. The molecule has 7 nitrogen and oxygen atoms in total. The van der Waals surface area contributed by atoms with E-state index < -0.39 is 36.6 Å². The lowest BCUT2D eigenvalue weighted by Gasteiger charge is -2.26. The Morgan fingerprint density at radius 1 is 1.00 bits per heavy atom. The molecule has 4 rings (SSSR count). The van der Waals surface area contributed by atoms with Crippen LogP contribution in [0, 0.1) is 0 Å². The van der Waals surface area contributed by atoms with Crippen molar-refractivity contribution in [2.24, 2.45) is 0 Å². The number of fused-ring (bicyclic) bond motifs is 1. The molecular formula is C22H26N2O5S2. The van der Waals surface area contributed by atoms with Crippen molar-refractivity contribution in [3.05, 3.63) is 59.7 Å². The number of hydrogen-bond acceptors (Lipinski definition) is 6. The van der Waals surface area contributed by atoms with E-state index in [1.165, 1.54) is 36.8 Å². The molecule has 2 aliphatic rings. The molecule has 1 atom stereocenters. The van der Waals surface area contributed by atoms with E-state index in [1.54, 1.807) is 18.2 Å². The number of rotatable bonds is 6. The first-order valence-electron chi connectivity index (χ1n) is 10.5. The molecule has 31 heavy (non-hydrogen) atoms. The first-order chi connectivity index (χ1) is 14.8. The van der Waals surface area contributed by atoms with Gasteiger partial charge in [-0.1, -0.05) is 30.7 Å². The maximum atomic E-state index is 13.3. The zero-order chi connectivity index (χ0) is 22.1. The molecule has 2 heterocycles. The van der Waals surface area contributed by atoms with E-state index in [2.05, 4.69) is 10.2 Å². The van der Waals surface area contributed by atoms with Gasteiger partial charge in [0.05, 0.1) is 15.5 Å². The highest BCUT2D eigenvalue weighted by atomic mass is 32.2. The van der Waals surface area contributed by atoms with Gasteiger partial charge in [0, 0.05) is 24.2 Å². The minimum Gasteiger partial charge on any atom is -0.351 e. The predicted molar refractivity (Wildman–Crippen MR) is 117 cm³/mol. The molecule has 2 aliphatic heterocycles. The Bertz CT molecular complexity index is 1170. The smallest absolute Gasteiger partial charge is 0.251 e. The van der Waals surface area contributed by atoms with Crippen molar-refractivity contribution in [3.63, 3.8) is 0 Å². The second-order valence-electron chi connectivity index (χ2n) is 8.00. The van der Waals surface area contributed by atoms with Crippen LogP contribution in [0.4, 0.5) is 0 Å². The molecule has 0 radical (unpaired) electrons. The van der Waals surface area contributed by atoms with Gasteiger partial charge >= 0.3 is 0 Å². The van der Waals surface area contributed by atoms with Crippen molar-refractivity contribution >= 4 is 25.6 Å². The average Bonchev–Trinajstić information content (AvgIpc) is 3.07. The summed E-state index contributed by atoms with van der Waals surface area (Å²) in [5, 5.41) is 1.54. The number of nitrogens with one attached hydrogen (secondary N) is 1. The zero-order valence-electron chi connectivity index (χ0n) is 17.2. The summed E-state index contributed by atoms with van der Waals surface area (Å²) in [4.78, 5) is 15.2. The van der Waals surface area contributed by atoms with Gasteiger partial charge < -0.3 is 10.2 Å². The number of sulfone groups is 2. The van der Waals surface area contributed by atoms with E-state index in [1.807, 2.05) is 0 Å². The minimum atomic E-state index is -3.98. The van der Waals surface area contributed by atoms with Gasteiger partial charge in [0.15, 0.2) is 19.7 Å². The molecule has 9 heteroatoms. The summed E-state index contributed by atoms with van der Waals surface area (Å²) in [5.74, 6) is -1.00. The Labute approximate surface area is 183 Å². The largest absolute Gasteiger partial charge is 0.351 e. The number of amides is 1. The van der Waals surface area contributed by atoms with Crippen molar-refractivity contribution in [1.29, 1.82) is 0 Å². The van der Waals surface area contributed by atoms with Gasteiger partial charge in [0.25, 0.3) is 5.91 Å². The van der Waals surface area contributed by atoms with E-state index >= 15 is 0 Å². The van der Waals surface area contributed by atoms with Crippen molar-refractivity contribution < 1.29 is 21.6 Å². The zero-order valence-corrected chi connectivity index (χ0v) is 18.8. The molecule has 1 fully saturated rings. The van der Waals surface area contributed by atoms with Gasteiger partial charge in [-0.3, -0.25) is 4.79 Å². The van der Waals surface area contributed by atoms with Crippen molar-refractivity contribution in [2.45, 2.75) is 34.3 Å². The molecule has 0 spiro atoms.